The number of hydrogen-bond acceptors (Lipinski definition) is 4. The maximum absolute atomic E-state index is 11.8. The highest BCUT2D eigenvalue weighted by Gasteiger charge is 2.17. The SMILES string of the molecule is Cl.O=C(CCOCC1CCCO1)N1CCNCC1. The van der Waals surface area contributed by atoms with Crippen molar-refractivity contribution >= 4 is 18.3 Å². The maximum Gasteiger partial charge on any atom is 0.224 e. The average molecular weight is 279 g/mol. The van der Waals surface area contributed by atoms with Crippen molar-refractivity contribution in [2.45, 2.75) is 25.4 Å². The number of ether oxygens (including phenoxy) is 2. The summed E-state index contributed by atoms with van der Waals surface area (Å²) in [5, 5.41) is 3.23. The number of rotatable bonds is 5. The second-order valence-corrected chi connectivity index (χ2v) is 4.59. The summed E-state index contributed by atoms with van der Waals surface area (Å²) in [7, 11) is 0. The number of carbonyl (C=O) groups is 1. The molecule has 2 rings (SSSR count). The summed E-state index contributed by atoms with van der Waals surface area (Å²) in [4.78, 5) is 13.7. The summed E-state index contributed by atoms with van der Waals surface area (Å²) in [5.74, 6) is 0.207. The molecule has 2 aliphatic heterocycles. The van der Waals surface area contributed by atoms with Gasteiger partial charge in [0, 0.05) is 32.8 Å². The zero-order valence-corrected chi connectivity index (χ0v) is 11.5. The van der Waals surface area contributed by atoms with E-state index in [0.29, 0.717) is 19.6 Å². The lowest BCUT2D eigenvalue weighted by Gasteiger charge is -2.27. The minimum atomic E-state index is 0. The van der Waals surface area contributed by atoms with Crippen molar-refractivity contribution in [2.75, 3.05) is 46.0 Å². The molecule has 2 aliphatic rings. The van der Waals surface area contributed by atoms with Crippen LogP contribution in [-0.4, -0.2) is 62.9 Å². The lowest BCUT2D eigenvalue weighted by molar-refractivity contribution is -0.133. The van der Waals surface area contributed by atoms with E-state index < -0.39 is 0 Å². The summed E-state index contributed by atoms with van der Waals surface area (Å²) in [6, 6.07) is 0. The first-order valence-corrected chi connectivity index (χ1v) is 6.54. The predicted octanol–water partition coefficient (Wildman–Crippen LogP) is 0.426. The average Bonchev–Trinajstić information content (AvgIpc) is 2.88. The minimum absolute atomic E-state index is 0. The van der Waals surface area contributed by atoms with Crippen molar-refractivity contribution < 1.29 is 14.3 Å². The highest BCUT2D eigenvalue weighted by molar-refractivity contribution is 5.85. The molecule has 18 heavy (non-hydrogen) atoms. The number of amides is 1. The molecule has 0 saturated carbocycles. The summed E-state index contributed by atoms with van der Waals surface area (Å²) in [6.45, 7) is 5.46. The molecule has 1 atom stereocenters. The van der Waals surface area contributed by atoms with E-state index in [1.807, 2.05) is 4.90 Å². The Bertz CT molecular complexity index is 241. The van der Waals surface area contributed by atoms with Crippen molar-refractivity contribution in [3.8, 4) is 0 Å². The molecule has 0 spiro atoms. The molecule has 1 amide bonds. The largest absolute Gasteiger partial charge is 0.378 e. The van der Waals surface area contributed by atoms with Crippen LogP contribution in [0.3, 0.4) is 0 Å². The Morgan fingerprint density at radius 1 is 1.39 bits per heavy atom. The Balaban J connectivity index is 0.00000162. The molecule has 2 saturated heterocycles. The Kier molecular flexibility index (Phi) is 7.58. The first kappa shape index (κ1) is 15.7. The zero-order chi connectivity index (χ0) is 11.9. The van der Waals surface area contributed by atoms with Crippen LogP contribution in [0.15, 0.2) is 0 Å². The lowest BCUT2D eigenvalue weighted by Crippen LogP contribution is -2.46. The van der Waals surface area contributed by atoms with Crippen molar-refractivity contribution in [1.29, 1.82) is 0 Å². The van der Waals surface area contributed by atoms with E-state index >= 15 is 0 Å². The minimum Gasteiger partial charge on any atom is -0.378 e. The van der Waals surface area contributed by atoms with E-state index in [-0.39, 0.29) is 24.4 Å². The second-order valence-electron chi connectivity index (χ2n) is 4.59. The fourth-order valence-corrected chi connectivity index (χ4v) is 2.22. The fourth-order valence-electron chi connectivity index (χ4n) is 2.22. The third-order valence-electron chi connectivity index (χ3n) is 3.26. The quantitative estimate of drug-likeness (QED) is 0.741. The van der Waals surface area contributed by atoms with Gasteiger partial charge in [0.05, 0.1) is 25.7 Å². The standard InChI is InChI=1S/C12H22N2O3.ClH/c15-12(14-6-4-13-5-7-14)3-9-16-10-11-2-1-8-17-11;/h11,13H,1-10H2;1H. The van der Waals surface area contributed by atoms with Gasteiger partial charge in [0.2, 0.25) is 5.91 Å². The molecule has 5 nitrogen and oxygen atoms in total. The molecule has 1 unspecified atom stereocenters. The van der Waals surface area contributed by atoms with Gasteiger partial charge in [0.15, 0.2) is 0 Å². The highest BCUT2D eigenvalue weighted by atomic mass is 35.5. The molecule has 0 aromatic rings. The molecule has 0 aromatic carbocycles. The molecule has 2 fully saturated rings. The van der Waals surface area contributed by atoms with Crippen LogP contribution in [0.25, 0.3) is 0 Å². The van der Waals surface area contributed by atoms with Gasteiger partial charge < -0.3 is 19.7 Å². The van der Waals surface area contributed by atoms with Crippen LogP contribution in [0.5, 0.6) is 0 Å². The topological polar surface area (TPSA) is 50.8 Å². The molecule has 0 aromatic heterocycles. The summed E-state index contributed by atoms with van der Waals surface area (Å²) in [5.41, 5.74) is 0. The summed E-state index contributed by atoms with van der Waals surface area (Å²) >= 11 is 0. The van der Waals surface area contributed by atoms with Crippen LogP contribution in [-0.2, 0) is 14.3 Å². The van der Waals surface area contributed by atoms with Crippen LogP contribution in [0.4, 0.5) is 0 Å². The molecule has 0 radical (unpaired) electrons. The Labute approximate surface area is 115 Å². The first-order chi connectivity index (χ1) is 8.36. The monoisotopic (exact) mass is 278 g/mol. The third kappa shape index (κ3) is 5.10. The van der Waals surface area contributed by atoms with Gasteiger partial charge in [-0.2, -0.15) is 0 Å². The normalized spacial score (nSPS) is 23.8. The van der Waals surface area contributed by atoms with Crippen molar-refractivity contribution in [2.24, 2.45) is 0 Å². The Hall–Kier alpha value is -0.360. The van der Waals surface area contributed by atoms with Gasteiger partial charge in [-0.1, -0.05) is 0 Å². The summed E-state index contributed by atoms with van der Waals surface area (Å²) in [6.07, 6.45) is 2.97. The van der Waals surface area contributed by atoms with Crippen molar-refractivity contribution in [3.63, 3.8) is 0 Å². The van der Waals surface area contributed by atoms with E-state index in [4.69, 9.17) is 9.47 Å². The number of nitrogens with zero attached hydrogens (tertiary/aromatic N) is 1. The summed E-state index contributed by atoms with van der Waals surface area (Å²) < 4.78 is 10.9. The van der Waals surface area contributed by atoms with Crippen LogP contribution in [0.2, 0.25) is 0 Å². The van der Waals surface area contributed by atoms with E-state index in [1.54, 1.807) is 0 Å². The maximum atomic E-state index is 11.8. The van der Waals surface area contributed by atoms with Crippen LogP contribution in [0, 0.1) is 0 Å². The van der Waals surface area contributed by atoms with E-state index in [9.17, 15) is 4.79 Å². The van der Waals surface area contributed by atoms with Crippen LogP contribution in [0.1, 0.15) is 19.3 Å². The number of nitrogens with one attached hydrogen (secondary N) is 1. The first-order valence-electron chi connectivity index (χ1n) is 6.54. The van der Waals surface area contributed by atoms with Gasteiger partial charge >= 0.3 is 0 Å². The fraction of sp³-hybridized carbons (Fsp3) is 0.917. The highest BCUT2D eigenvalue weighted by Crippen LogP contribution is 2.12. The van der Waals surface area contributed by atoms with Crippen LogP contribution < -0.4 is 5.32 Å². The molecular formula is C12H23ClN2O3. The lowest BCUT2D eigenvalue weighted by atomic mass is 10.2. The van der Waals surface area contributed by atoms with Crippen LogP contribution >= 0.6 is 12.4 Å². The number of hydrogen-bond donors (Lipinski definition) is 1. The predicted molar refractivity (Wildman–Crippen MR) is 71.1 cm³/mol. The van der Waals surface area contributed by atoms with E-state index in [2.05, 4.69) is 5.32 Å². The smallest absolute Gasteiger partial charge is 0.224 e. The molecule has 6 heteroatoms. The Morgan fingerprint density at radius 2 is 2.17 bits per heavy atom. The van der Waals surface area contributed by atoms with Crippen molar-refractivity contribution in [3.05, 3.63) is 0 Å². The number of halogens is 1. The zero-order valence-electron chi connectivity index (χ0n) is 10.7. The number of piperazine rings is 1. The molecular weight excluding hydrogens is 256 g/mol. The molecule has 2 heterocycles. The van der Waals surface area contributed by atoms with Gasteiger partial charge in [-0.05, 0) is 12.8 Å². The number of carbonyl (C=O) groups excluding carboxylic acids is 1. The van der Waals surface area contributed by atoms with E-state index in [0.717, 1.165) is 45.6 Å². The van der Waals surface area contributed by atoms with Gasteiger partial charge in [-0.15, -0.1) is 12.4 Å². The Morgan fingerprint density at radius 3 is 2.83 bits per heavy atom. The molecule has 1 N–H and O–H groups in total. The molecule has 0 bridgehead atoms. The van der Waals surface area contributed by atoms with E-state index in [1.165, 1.54) is 0 Å². The van der Waals surface area contributed by atoms with Gasteiger partial charge in [0.25, 0.3) is 0 Å². The molecule has 106 valence electrons. The van der Waals surface area contributed by atoms with Gasteiger partial charge in [0.1, 0.15) is 0 Å². The van der Waals surface area contributed by atoms with Gasteiger partial charge in [-0.3, -0.25) is 4.79 Å². The van der Waals surface area contributed by atoms with Gasteiger partial charge in [-0.25, -0.2) is 0 Å². The van der Waals surface area contributed by atoms with Crippen molar-refractivity contribution in [1.82, 2.24) is 10.2 Å². The second kappa shape index (κ2) is 8.69. The third-order valence-corrected chi connectivity index (χ3v) is 3.26. The molecule has 0 aliphatic carbocycles.